The van der Waals surface area contributed by atoms with Crippen LogP contribution >= 0.6 is 24.0 Å². The van der Waals surface area contributed by atoms with Crippen LogP contribution in [0.2, 0.25) is 0 Å². The van der Waals surface area contributed by atoms with E-state index in [0.717, 1.165) is 62.8 Å². The number of aliphatic imine (C=N–C) groups is 1. The van der Waals surface area contributed by atoms with Crippen LogP contribution in [0.1, 0.15) is 44.2 Å². The third kappa shape index (κ3) is 9.43. The number of rotatable bonds is 11. The first kappa shape index (κ1) is 25.0. The maximum absolute atomic E-state index is 5.74. The molecule has 2 N–H and O–H groups in total. The Balaban J connectivity index is 0.00000392. The lowest BCUT2D eigenvalue weighted by Crippen LogP contribution is -2.38. The quantitative estimate of drug-likeness (QED) is 0.208. The average molecular weight is 505 g/mol. The van der Waals surface area contributed by atoms with Crippen molar-refractivity contribution in [3.8, 4) is 5.75 Å². The van der Waals surface area contributed by atoms with Crippen molar-refractivity contribution in [1.82, 2.24) is 10.6 Å². The van der Waals surface area contributed by atoms with Crippen LogP contribution in [0.5, 0.6) is 5.75 Å². The molecule has 0 amide bonds. The summed E-state index contributed by atoms with van der Waals surface area (Å²) in [5.41, 5.74) is 2.29. The number of nitrogens with zero attached hydrogens (tertiary/aromatic N) is 1. The van der Waals surface area contributed by atoms with Crippen molar-refractivity contribution in [1.29, 1.82) is 0 Å². The lowest BCUT2D eigenvalue weighted by molar-refractivity contribution is 0.0168. The molecule has 2 rings (SSSR count). The normalized spacial score (nSPS) is 16.5. The Labute approximate surface area is 186 Å². The second-order valence-electron chi connectivity index (χ2n) is 6.73. The second-order valence-corrected chi connectivity index (χ2v) is 6.73. The van der Waals surface area contributed by atoms with Gasteiger partial charge in [-0.05, 0) is 51.7 Å². The molecule has 7 heteroatoms. The first-order valence-corrected chi connectivity index (χ1v) is 10.2. The highest BCUT2D eigenvalue weighted by molar-refractivity contribution is 14.0. The first-order valence-electron chi connectivity index (χ1n) is 10.2. The predicted molar refractivity (Wildman–Crippen MR) is 125 cm³/mol. The fraction of sp³-hybridized carbons (Fsp3) is 0.667. The van der Waals surface area contributed by atoms with Crippen LogP contribution in [-0.2, 0) is 16.0 Å². The molecule has 6 nitrogen and oxygen atoms in total. The molecule has 1 heterocycles. The molecule has 28 heavy (non-hydrogen) atoms. The largest absolute Gasteiger partial charge is 0.494 e. The third-order valence-electron chi connectivity index (χ3n) is 4.36. The van der Waals surface area contributed by atoms with E-state index in [-0.39, 0.29) is 24.0 Å². The molecular weight excluding hydrogens is 469 g/mol. The molecule has 0 radical (unpaired) electrons. The van der Waals surface area contributed by atoms with Crippen LogP contribution in [0.15, 0.2) is 23.2 Å². The lowest BCUT2D eigenvalue weighted by Gasteiger charge is -2.14. The number of aryl methyl sites for hydroxylation is 1. The minimum Gasteiger partial charge on any atom is -0.494 e. The van der Waals surface area contributed by atoms with Gasteiger partial charge in [-0.25, -0.2) is 4.99 Å². The summed E-state index contributed by atoms with van der Waals surface area (Å²) in [5.74, 6) is 1.74. The molecule has 1 aromatic carbocycles. The van der Waals surface area contributed by atoms with Gasteiger partial charge in [0.05, 0.1) is 25.9 Å². The van der Waals surface area contributed by atoms with Gasteiger partial charge in [-0.3, -0.25) is 0 Å². The third-order valence-corrected chi connectivity index (χ3v) is 4.36. The zero-order valence-electron chi connectivity index (χ0n) is 17.5. The van der Waals surface area contributed by atoms with Crippen LogP contribution in [0.25, 0.3) is 0 Å². The molecule has 0 aliphatic carbocycles. The van der Waals surface area contributed by atoms with Gasteiger partial charge in [-0.1, -0.05) is 12.1 Å². The summed E-state index contributed by atoms with van der Waals surface area (Å²) in [6.45, 7) is 11.4. The van der Waals surface area contributed by atoms with Crippen LogP contribution in [0.4, 0.5) is 0 Å². The van der Waals surface area contributed by atoms with Crippen molar-refractivity contribution in [2.75, 3.05) is 39.5 Å². The standard InChI is InChI=1S/C21H35N3O3.HI/c1-4-22-21(23-11-7-12-25-16-19-8-6-13-27-19)24-15-18-10-9-17(3)14-20(18)26-5-2;/h9-10,14,19H,4-8,11-13,15-16H2,1-3H3,(H2,22,23,24);1H. The van der Waals surface area contributed by atoms with E-state index >= 15 is 0 Å². The van der Waals surface area contributed by atoms with Crippen LogP contribution in [-0.4, -0.2) is 51.6 Å². The van der Waals surface area contributed by atoms with Crippen molar-refractivity contribution in [3.05, 3.63) is 29.3 Å². The molecule has 0 spiro atoms. The van der Waals surface area contributed by atoms with Gasteiger partial charge in [0.25, 0.3) is 0 Å². The zero-order chi connectivity index (χ0) is 19.3. The number of benzene rings is 1. The molecule has 1 aromatic rings. The summed E-state index contributed by atoms with van der Waals surface area (Å²) in [5, 5.41) is 6.66. The van der Waals surface area contributed by atoms with Gasteiger partial charge < -0.3 is 24.8 Å². The zero-order valence-corrected chi connectivity index (χ0v) is 19.8. The fourth-order valence-electron chi connectivity index (χ4n) is 2.96. The van der Waals surface area contributed by atoms with Crippen molar-refractivity contribution < 1.29 is 14.2 Å². The first-order chi connectivity index (χ1) is 13.2. The monoisotopic (exact) mass is 505 g/mol. The second kappa shape index (κ2) is 14.9. The number of nitrogens with one attached hydrogen (secondary N) is 2. The molecule has 0 bridgehead atoms. The maximum Gasteiger partial charge on any atom is 0.191 e. The minimum absolute atomic E-state index is 0. The number of ether oxygens (including phenoxy) is 3. The Kier molecular flexibility index (Phi) is 13.3. The van der Waals surface area contributed by atoms with Crippen molar-refractivity contribution >= 4 is 29.9 Å². The smallest absolute Gasteiger partial charge is 0.191 e. The highest BCUT2D eigenvalue weighted by Gasteiger charge is 2.14. The number of hydrogen-bond donors (Lipinski definition) is 2. The van der Waals surface area contributed by atoms with E-state index in [2.05, 4.69) is 42.7 Å². The van der Waals surface area contributed by atoms with E-state index in [0.29, 0.717) is 25.9 Å². The van der Waals surface area contributed by atoms with Gasteiger partial charge in [0, 0.05) is 31.9 Å². The summed E-state index contributed by atoms with van der Waals surface area (Å²) in [6, 6.07) is 6.26. The maximum atomic E-state index is 5.74. The van der Waals surface area contributed by atoms with Gasteiger partial charge in [-0.15, -0.1) is 24.0 Å². The molecule has 1 saturated heterocycles. The van der Waals surface area contributed by atoms with Crippen LogP contribution in [0, 0.1) is 6.92 Å². The molecule has 1 fully saturated rings. The fourth-order valence-corrected chi connectivity index (χ4v) is 2.96. The number of hydrogen-bond acceptors (Lipinski definition) is 4. The molecule has 1 unspecified atom stereocenters. The molecule has 0 saturated carbocycles. The van der Waals surface area contributed by atoms with Gasteiger partial charge in [0.15, 0.2) is 5.96 Å². The molecular formula is C21H36IN3O3. The van der Waals surface area contributed by atoms with Crippen molar-refractivity contribution in [2.45, 2.75) is 52.7 Å². The highest BCUT2D eigenvalue weighted by atomic mass is 127. The molecule has 1 atom stereocenters. The summed E-state index contributed by atoms with van der Waals surface area (Å²) in [7, 11) is 0. The van der Waals surface area contributed by atoms with Crippen LogP contribution < -0.4 is 15.4 Å². The van der Waals surface area contributed by atoms with Gasteiger partial charge in [0.1, 0.15) is 5.75 Å². The van der Waals surface area contributed by atoms with E-state index in [4.69, 9.17) is 19.2 Å². The average Bonchev–Trinajstić information content (AvgIpc) is 3.17. The summed E-state index contributed by atoms with van der Waals surface area (Å²) in [6.07, 6.45) is 3.51. The molecule has 1 aliphatic heterocycles. The number of guanidine groups is 1. The van der Waals surface area contributed by atoms with E-state index in [1.54, 1.807) is 0 Å². The van der Waals surface area contributed by atoms with E-state index in [1.807, 2.05) is 6.92 Å². The Morgan fingerprint density at radius 1 is 1.29 bits per heavy atom. The lowest BCUT2D eigenvalue weighted by atomic mass is 10.1. The molecule has 160 valence electrons. The topological polar surface area (TPSA) is 64.1 Å². The van der Waals surface area contributed by atoms with E-state index in [1.165, 1.54) is 5.56 Å². The van der Waals surface area contributed by atoms with Crippen molar-refractivity contribution in [3.63, 3.8) is 0 Å². The van der Waals surface area contributed by atoms with Crippen LogP contribution in [0.3, 0.4) is 0 Å². The SMILES string of the molecule is CCNC(=NCc1ccc(C)cc1OCC)NCCCOCC1CCCO1.I. The number of halogens is 1. The Hall–Kier alpha value is -1.06. The van der Waals surface area contributed by atoms with E-state index < -0.39 is 0 Å². The molecule has 0 aromatic heterocycles. The summed E-state index contributed by atoms with van der Waals surface area (Å²) >= 11 is 0. The Bertz CT molecular complexity index is 578. The van der Waals surface area contributed by atoms with Crippen molar-refractivity contribution in [2.24, 2.45) is 4.99 Å². The highest BCUT2D eigenvalue weighted by Crippen LogP contribution is 2.21. The predicted octanol–water partition coefficient (Wildman–Crippen LogP) is 3.65. The Morgan fingerprint density at radius 3 is 2.86 bits per heavy atom. The molecule has 1 aliphatic rings. The summed E-state index contributed by atoms with van der Waals surface area (Å²) in [4.78, 5) is 4.69. The van der Waals surface area contributed by atoms with Gasteiger partial charge >= 0.3 is 0 Å². The minimum atomic E-state index is 0. The van der Waals surface area contributed by atoms with Gasteiger partial charge in [-0.2, -0.15) is 0 Å². The van der Waals surface area contributed by atoms with E-state index in [9.17, 15) is 0 Å². The summed E-state index contributed by atoms with van der Waals surface area (Å²) < 4.78 is 17.0. The van der Waals surface area contributed by atoms with Gasteiger partial charge in [0.2, 0.25) is 0 Å². The Morgan fingerprint density at radius 2 is 2.14 bits per heavy atom.